The number of benzene rings is 2. The first-order chi connectivity index (χ1) is 10.7. The molecule has 0 aromatic heterocycles. The summed E-state index contributed by atoms with van der Waals surface area (Å²) >= 11 is 6.05. The Hall–Kier alpha value is -1.71. The van der Waals surface area contributed by atoms with Crippen molar-refractivity contribution in [2.24, 2.45) is 0 Å². The van der Waals surface area contributed by atoms with Crippen molar-refractivity contribution in [1.29, 1.82) is 0 Å². The van der Waals surface area contributed by atoms with E-state index in [1.807, 2.05) is 24.3 Å². The molecule has 0 aliphatic carbocycles. The van der Waals surface area contributed by atoms with Gasteiger partial charge < -0.3 is 9.64 Å². The van der Waals surface area contributed by atoms with Gasteiger partial charge in [-0.15, -0.1) is 0 Å². The number of rotatable bonds is 4. The van der Waals surface area contributed by atoms with Crippen LogP contribution in [-0.4, -0.2) is 38.2 Å². The normalized spacial score (nSPS) is 15.8. The van der Waals surface area contributed by atoms with Crippen molar-refractivity contribution in [2.75, 3.05) is 38.2 Å². The summed E-state index contributed by atoms with van der Waals surface area (Å²) in [4.78, 5) is 4.90. The van der Waals surface area contributed by atoms with Gasteiger partial charge in [-0.1, -0.05) is 23.7 Å². The van der Waals surface area contributed by atoms with Crippen molar-refractivity contribution in [3.05, 3.63) is 59.1 Å². The van der Waals surface area contributed by atoms with Crippen molar-refractivity contribution in [1.82, 2.24) is 4.90 Å². The molecule has 1 heterocycles. The Kier molecular flexibility index (Phi) is 4.86. The minimum Gasteiger partial charge on any atom is -0.497 e. The van der Waals surface area contributed by atoms with Crippen LogP contribution in [0.4, 0.5) is 5.69 Å². The van der Waals surface area contributed by atoms with Crippen LogP contribution in [0.2, 0.25) is 5.02 Å². The van der Waals surface area contributed by atoms with Crippen molar-refractivity contribution in [3.63, 3.8) is 0 Å². The van der Waals surface area contributed by atoms with Crippen LogP contribution in [-0.2, 0) is 6.54 Å². The fourth-order valence-electron chi connectivity index (χ4n) is 2.85. The number of nitrogens with zero attached hydrogens (tertiary/aromatic N) is 2. The Labute approximate surface area is 137 Å². The molecule has 0 amide bonds. The van der Waals surface area contributed by atoms with E-state index >= 15 is 0 Å². The molecule has 1 fully saturated rings. The van der Waals surface area contributed by atoms with Crippen LogP contribution in [0.5, 0.6) is 5.75 Å². The molecule has 22 heavy (non-hydrogen) atoms. The third-order valence-corrected chi connectivity index (χ3v) is 4.34. The number of halogens is 1. The second-order valence-corrected chi connectivity index (χ2v) is 6.03. The summed E-state index contributed by atoms with van der Waals surface area (Å²) in [6, 6.07) is 16.4. The number of piperazine rings is 1. The van der Waals surface area contributed by atoms with Crippen molar-refractivity contribution in [2.45, 2.75) is 6.54 Å². The molecule has 3 nitrogen and oxygen atoms in total. The zero-order valence-electron chi connectivity index (χ0n) is 12.8. The predicted octanol–water partition coefficient (Wildman–Crippen LogP) is 3.67. The molecular weight excluding hydrogens is 296 g/mol. The van der Waals surface area contributed by atoms with E-state index in [2.05, 4.69) is 34.1 Å². The lowest BCUT2D eigenvalue weighted by Gasteiger charge is -2.36. The molecule has 0 bridgehead atoms. The first kappa shape index (κ1) is 15.2. The van der Waals surface area contributed by atoms with Crippen molar-refractivity contribution < 1.29 is 4.74 Å². The SMILES string of the molecule is COc1ccc(N2CCN(Cc3cccc(Cl)c3)CC2)cc1. The first-order valence-corrected chi connectivity index (χ1v) is 7.98. The molecule has 0 spiro atoms. The van der Waals surface area contributed by atoms with Gasteiger partial charge in [-0.05, 0) is 42.0 Å². The summed E-state index contributed by atoms with van der Waals surface area (Å²) in [5.74, 6) is 0.906. The van der Waals surface area contributed by atoms with Gasteiger partial charge in [-0.3, -0.25) is 4.90 Å². The summed E-state index contributed by atoms with van der Waals surface area (Å²) < 4.78 is 5.21. The minimum absolute atomic E-state index is 0.814. The maximum atomic E-state index is 6.05. The van der Waals surface area contributed by atoms with Gasteiger partial charge in [0, 0.05) is 43.4 Å². The van der Waals surface area contributed by atoms with Gasteiger partial charge in [0.15, 0.2) is 0 Å². The van der Waals surface area contributed by atoms with Crippen LogP contribution in [0.15, 0.2) is 48.5 Å². The zero-order chi connectivity index (χ0) is 15.4. The quantitative estimate of drug-likeness (QED) is 0.856. The number of ether oxygens (including phenoxy) is 1. The number of hydrogen-bond acceptors (Lipinski definition) is 3. The maximum absolute atomic E-state index is 6.05. The molecule has 1 aliphatic rings. The first-order valence-electron chi connectivity index (χ1n) is 7.60. The Morgan fingerprint density at radius 3 is 2.36 bits per heavy atom. The zero-order valence-corrected chi connectivity index (χ0v) is 13.6. The highest BCUT2D eigenvalue weighted by Crippen LogP contribution is 2.21. The van der Waals surface area contributed by atoms with Gasteiger partial charge >= 0.3 is 0 Å². The Morgan fingerprint density at radius 1 is 1.00 bits per heavy atom. The summed E-state index contributed by atoms with van der Waals surface area (Å²) in [5.41, 5.74) is 2.55. The highest BCUT2D eigenvalue weighted by molar-refractivity contribution is 6.30. The van der Waals surface area contributed by atoms with Crippen LogP contribution in [0.25, 0.3) is 0 Å². The summed E-state index contributed by atoms with van der Waals surface area (Å²) in [6.45, 7) is 5.20. The number of anilines is 1. The van der Waals surface area contributed by atoms with E-state index in [4.69, 9.17) is 16.3 Å². The third-order valence-electron chi connectivity index (χ3n) is 4.11. The monoisotopic (exact) mass is 316 g/mol. The van der Waals surface area contributed by atoms with E-state index in [-0.39, 0.29) is 0 Å². The Balaban J connectivity index is 1.55. The van der Waals surface area contributed by atoms with Gasteiger partial charge in [-0.25, -0.2) is 0 Å². The third kappa shape index (κ3) is 3.73. The van der Waals surface area contributed by atoms with Crippen LogP contribution in [0.3, 0.4) is 0 Å². The molecule has 4 heteroatoms. The lowest BCUT2D eigenvalue weighted by atomic mass is 10.2. The molecule has 0 unspecified atom stereocenters. The minimum atomic E-state index is 0.814. The standard InChI is InChI=1S/C18H21ClN2O/c1-22-18-7-5-17(6-8-18)21-11-9-20(10-12-21)14-15-3-2-4-16(19)13-15/h2-8,13H,9-12,14H2,1H3. The molecule has 1 saturated heterocycles. The molecule has 2 aromatic carbocycles. The molecule has 0 N–H and O–H groups in total. The second kappa shape index (κ2) is 7.03. The van der Waals surface area contributed by atoms with E-state index < -0.39 is 0 Å². The average Bonchev–Trinajstić information content (AvgIpc) is 2.56. The predicted molar refractivity (Wildman–Crippen MR) is 91.9 cm³/mol. The molecule has 3 rings (SSSR count). The van der Waals surface area contributed by atoms with E-state index in [0.717, 1.165) is 43.5 Å². The van der Waals surface area contributed by atoms with Crippen LogP contribution >= 0.6 is 11.6 Å². The van der Waals surface area contributed by atoms with Gasteiger partial charge in [0.25, 0.3) is 0 Å². The molecule has 0 saturated carbocycles. The number of methoxy groups -OCH3 is 1. The van der Waals surface area contributed by atoms with Crippen molar-refractivity contribution >= 4 is 17.3 Å². The lowest BCUT2D eigenvalue weighted by molar-refractivity contribution is 0.250. The van der Waals surface area contributed by atoms with Crippen LogP contribution in [0.1, 0.15) is 5.56 Å². The van der Waals surface area contributed by atoms with E-state index in [1.165, 1.54) is 11.3 Å². The Bertz CT molecular complexity index is 607. The molecule has 0 atom stereocenters. The molecule has 116 valence electrons. The second-order valence-electron chi connectivity index (χ2n) is 5.59. The fraction of sp³-hybridized carbons (Fsp3) is 0.333. The smallest absolute Gasteiger partial charge is 0.119 e. The van der Waals surface area contributed by atoms with E-state index in [9.17, 15) is 0 Å². The van der Waals surface area contributed by atoms with Crippen LogP contribution in [0, 0.1) is 0 Å². The largest absolute Gasteiger partial charge is 0.497 e. The fourth-order valence-corrected chi connectivity index (χ4v) is 3.06. The van der Waals surface area contributed by atoms with Gasteiger partial charge in [0.1, 0.15) is 5.75 Å². The van der Waals surface area contributed by atoms with Crippen molar-refractivity contribution in [3.8, 4) is 5.75 Å². The molecular formula is C18H21ClN2O. The van der Waals surface area contributed by atoms with E-state index in [0.29, 0.717) is 0 Å². The molecule has 0 radical (unpaired) electrons. The topological polar surface area (TPSA) is 15.7 Å². The molecule has 1 aliphatic heterocycles. The summed E-state index contributed by atoms with van der Waals surface area (Å²) in [6.07, 6.45) is 0. The van der Waals surface area contributed by atoms with E-state index in [1.54, 1.807) is 7.11 Å². The lowest BCUT2D eigenvalue weighted by Crippen LogP contribution is -2.45. The van der Waals surface area contributed by atoms with Gasteiger partial charge in [0.05, 0.1) is 7.11 Å². The summed E-state index contributed by atoms with van der Waals surface area (Å²) in [7, 11) is 1.70. The van der Waals surface area contributed by atoms with Gasteiger partial charge in [0.2, 0.25) is 0 Å². The maximum Gasteiger partial charge on any atom is 0.119 e. The number of hydrogen-bond donors (Lipinski definition) is 0. The van der Waals surface area contributed by atoms with Crippen LogP contribution < -0.4 is 9.64 Å². The average molecular weight is 317 g/mol. The highest BCUT2D eigenvalue weighted by atomic mass is 35.5. The Morgan fingerprint density at radius 2 is 1.73 bits per heavy atom. The summed E-state index contributed by atoms with van der Waals surface area (Å²) in [5, 5.41) is 0.814. The molecule has 2 aromatic rings. The highest BCUT2D eigenvalue weighted by Gasteiger charge is 2.17. The van der Waals surface area contributed by atoms with Gasteiger partial charge in [-0.2, -0.15) is 0 Å².